The number of benzene rings is 1. The molecule has 1 aromatic rings. The normalized spacial score (nSPS) is 12.1. The topological polar surface area (TPSA) is 47.6 Å². The van der Waals surface area contributed by atoms with Gasteiger partial charge in [0.15, 0.2) is 11.5 Å². The van der Waals surface area contributed by atoms with Gasteiger partial charge in [0.05, 0.1) is 19.8 Å². The third kappa shape index (κ3) is 5.58. The molecule has 22 heavy (non-hydrogen) atoms. The molecule has 0 heterocycles. The van der Waals surface area contributed by atoms with E-state index in [0.717, 1.165) is 17.7 Å². The van der Waals surface area contributed by atoms with E-state index in [4.69, 9.17) is 9.47 Å². The highest BCUT2D eigenvalue weighted by molar-refractivity contribution is 5.78. The third-order valence-electron chi connectivity index (χ3n) is 3.58. The van der Waals surface area contributed by atoms with Crippen molar-refractivity contribution in [2.24, 2.45) is 5.92 Å². The molecule has 0 fully saturated rings. The second-order valence-electron chi connectivity index (χ2n) is 5.85. The number of carbonyl (C=O) groups is 1. The average molecular weight is 307 g/mol. The molecule has 4 heteroatoms. The number of ether oxygens (including phenoxy) is 2. The van der Waals surface area contributed by atoms with Gasteiger partial charge in [0.25, 0.3) is 0 Å². The van der Waals surface area contributed by atoms with Crippen molar-refractivity contribution >= 4 is 5.91 Å². The van der Waals surface area contributed by atoms with E-state index in [1.807, 2.05) is 39.0 Å². The maximum atomic E-state index is 11.8. The van der Waals surface area contributed by atoms with E-state index in [9.17, 15) is 4.79 Å². The largest absolute Gasteiger partial charge is 0.493 e. The van der Waals surface area contributed by atoms with E-state index in [1.54, 1.807) is 7.11 Å². The Morgan fingerprint density at radius 1 is 1.18 bits per heavy atom. The van der Waals surface area contributed by atoms with Crippen LogP contribution in [0.5, 0.6) is 11.5 Å². The molecule has 0 aliphatic carbocycles. The highest BCUT2D eigenvalue weighted by Crippen LogP contribution is 2.30. The Morgan fingerprint density at radius 3 is 2.50 bits per heavy atom. The Hall–Kier alpha value is -1.71. The molecule has 0 aliphatic heterocycles. The van der Waals surface area contributed by atoms with E-state index in [-0.39, 0.29) is 17.9 Å². The molecule has 1 N–H and O–H groups in total. The summed E-state index contributed by atoms with van der Waals surface area (Å²) in [5, 5.41) is 2.99. The predicted molar refractivity (Wildman–Crippen MR) is 89.4 cm³/mol. The zero-order valence-corrected chi connectivity index (χ0v) is 14.4. The van der Waals surface area contributed by atoms with Gasteiger partial charge in [-0.2, -0.15) is 0 Å². The van der Waals surface area contributed by atoms with Gasteiger partial charge < -0.3 is 14.8 Å². The van der Waals surface area contributed by atoms with Crippen molar-refractivity contribution in [2.75, 3.05) is 13.7 Å². The van der Waals surface area contributed by atoms with Gasteiger partial charge in [0.1, 0.15) is 0 Å². The number of methoxy groups -OCH3 is 1. The molecule has 1 amide bonds. The second-order valence-corrected chi connectivity index (χ2v) is 5.85. The molecular weight excluding hydrogens is 278 g/mol. The van der Waals surface area contributed by atoms with Gasteiger partial charge >= 0.3 is 0 Å². The second kappa shape index (κ2) is 9.34. The zero-order chi connectivity index (χ0) is 16.5. The molecule has 124 valence electrons. The number of rotatable bonds is 9. The van der Waals surface area contributed by atoms with Gasteiger partial charge in [-0.1, -0.05) is 39.7 Å². The van der Waals surface area contributed by atoms with Crippen LogP contribution >= 0.6 is 0 Å². The lowest BCUT2D eigenvalue weighted by Crippen LogP contribution is -2.30. The van der Waals surface area contributed by atoms with Crippen LogP contribution in [0.25, 0.3) is 0 Å². The molecule has 1 rings (SSSR count). The number of amides is 1. The van der Waals surface area contributed by atoms with Gasteiger partial charge in [-0.3, -0.25) is 4.79 Å². The van der Waals surface area contributed by atoms with Crippen molar-refractivity contribution < 1.29 is 14.3 Å². The van der Waals surface area contributed by atoms with Crippen molar-refractivity contribution in [3.05, 3.63) is 23.8 Å². The molecule has 1 unspecified atom stereocenters. The summed E-state index contributed by atoms with van der Waals surface area (Å²) in [5.74, 6) is 1.49. The fourth-order valence-corrected chi connectivity index (χ4v) is 2.07. The van der Waals surface area contributed by atoms with E-state index < -0.39 is 0 Å². The molecule has 0 saturated heterocycles. The van der Waals surface area contributed by atoms with Gasteiger partial charge in [-0.05, 0) is 31.0 Å². The smallest absolute Gasteiger partial charge is 0.223 e. The predicted octanol–water partition coefficient (Wildman–Crippen LogP) is 4.10. The van der Waals surface area contributed by atoms with Crippen LogP contribution in [0.2, 0.25) is 0 Å². The summed E-state index contributed by atoms with van der Waals surface area (Å²) >= 11 is 0. The first kappa shape index (κ1) is 18.3. The van der Waals surface area contributed by atoms with Crippen molar-refractivity contribution in [1.29, 1.82) is 0 Å². The van der Waals surface area contributed by atoms with E-state index in [2.05, 4.69) is 12.2 Å². The number of unbranched alkanes of at least 4 members (excludes halogenated alkanes) is 2. The first-order chi connectivity index (χ1) is 10.5. The fourth-order valence-electron chi connectivity index (χ4n) is 2.07. The molecule has 0 spiro atoms. The molecule has 1 aromatic carbocycles. The van der Waals surface area contributed by atoms with Crippen LogP contribution in [-0.2, 0) is 4.79 Å². The third-order valence-corrected chi connectivity index (χ3v) is 3.58. The van der Waals surface area contributed by atoms with Crippen LogP contribution in [-0.4, -0.2) is 19.6 Å². The lowest BCUT2D eigenvalue weighted by Gasteiger charge is -2.18. The highest BCUT2D eigenvalue weighted by atomic mass is 16.5. The van der Waals surface area contributed by atoms with Crippen LogP contribution in [0.3, 0.4) is 0 Å². The van der Waals surface area contributed by atoms with Crippen LogP contribution < -0.4 is 14.8 Å². The van der Waals surface area contributed by atoms with E-state index in [1.165, 1.54) is 12.8 Å². The monoisotopic (exact) mass is 307 g/mol. The molecule has 0 radical (unpaired) electrons. The van der Waals surface area contributed by atoms with E-state index in [0.29, 0.717) is 12.4 Å². The standard InChI is InChI=1S/C18H29NO3/c1-6-7-8-11-22-16-10-9-15(12-17(16)21-5)14(4)19-18(20)13(2)3/h9-10,12-14H,6-8,11H2,1-5H3,(H,19,20). The van der Waals surface area contributed by atoms with Crippen LogP contribution in [0.15, 0.2) is 18.2 Å². The molecule has 0 saturated carbocycles. The number of nitrogens with one attached hydrogen (secondary N) is 1. The summed E-state index contributed by atoms with van der Waals surface area (Å²) in [6.45, 7) is 8.61. The summed E-state index contributed by atoms with van der Waals surface area (Å²) in [4.78, 5) is 11.8. The van der Waals surface area contributed by atoms with Gasteiger partial charge in [0.2, 0.25) is 5.91 Å². The maximum absolute atomic E-state index is 11.8. The number of hydrogen-bond acceptors (Lipinski definition) is 3. The number of carbonyl (C=O) groups excluding carboxylic acids is 1. The molecule has 0 aliphatic rings. The summed E-state index contributed by atoms with van der Waals surface area (Å²) in [5.41, 5.74) is 1.01. The zero-order valence-electron chi connectivity index (χ0n) is 14.4. The lowest BCUT2D eigenvalue weighted by molar-refractivity contribution is -0.124. The Balaban J connectivity index is 2.72. The molecule has 0 bridgehead atoms. The van der Waals surface area contributed by atoms with E-state index >= 15 is 0 Å². The minimum absolute atomic E-state index is 0.0227. The lowest BCUT2D eigenvalue weighted by atomic mass is 10.1. The van der Waals surface area contributed by atoms with Gasteiger partial charge in [0, 0.05) is 5.92 Å². The summed E-state index contributed by atoms with van der Waals surface area (Å²) in [6.07, 6.45) is 3.38. The van der Waals surface area contributed by atoms with Crippen molar-refractivity contribution in [3.63, 3.8) is 0 Å². The van der Waals surface area contributed by atoms with Crippen molar-refractivity contribution in [3.8, 4) is 11.5 Å². The summed E-state index contributed by atoms with van der Waals surface area (Å²) in [6, 6.07) is 5.76. The Kier molecular flexibility index (Phi) is 7.78. The van der Waals surface area contributed by atoms with Crippen LogP contribution in [0.1, 0.15) is 58.6 Å². The minimum Gasteiger partial charge on any atom is -0.493 e. The van der Waals surface area contributed by atoms with Crippen LogP contribution in [0, 0.1) is 5.92 Å². The molecule has 0 aromatic heterocycles. The Labute approximate surface area is 134 Å². The SMILES string of the molecule is CCCCCOc1ccc(C(C)NC(=O)C(C)C)cc1OC. The summed E-state index contributed by atoms with van der Waals surface area (Å²) < 4.78 is 11.2. The van der Waals surface area contributed by atoms with Crippen LogP contribution in [0.4, 0.5) is 0 Å². The molecular formula is C18H29NO3. The maximum Gasteiger partial charge on any atom is 0.223 e. The first-order valence-corrected chi connectivity index (χ1v) is 8.10. The highest BCUT2D eigenvalue weighted by Gasteiger charge is 2.14. The average Bonchev–Trinajstić information content (AvgIpc) is 2.51. The molecule has 4 nitrogen and oxygen atoms in total. The minimum atomic E-state index is -0.0575. The Bertz CT molecular complexity index is 471. The summed E-state index contributed by atoms with van der Waals surface area (Å²) in [7, 11) is 1.63. The van der Waals surface area contributed by atoms with Crippen molar-refractivity contribution in [1.82, 2.24) is 5.32 Å². The number of hydrogen-bond donors (Lipinski definition) is 1. The molecule has 1 atom stereocenters. The van der Waals surface area contributed by atoms with Crippen molar-refractivity contribution in [2.45, 2.75) is 53.0 Å². The first-order valence-electron chi connectivity index (χ1n) is 8.10. The Morgan fingerprint density at radius 2 is 1.91 bits per heavy atom. The quantitative estimate of drug-likeness (QED) is 0.699. The fraction of sp³-hybridized carbons (Fsp3) is 0.611. The van der Waals surface area contributed by atoms with Gasteiger partial charge in [-0.25, -0.2) is 0 Å². The van der Waals surface area contributed by atoms with Gasteiger partial charge in [-0.15, -0.1) is 0 Å².